The molecule has 1 atom stereocenters. The van der Waals surface area contributed by atoms with Gasteiger partial charge in [-0.25, -0.2) is 4.79 Å². The van der Waals surface area contributed by atoms with Crippen molar-refractivity contribution in [1.29, 1.82) is 0 Å². The van der Waals surface area contributed by atoms with Crippen LogP contribution in [0, 0.1) is 0 Å². The molecular weight excluding hydrogens is 306 g/mol. The minimum Gasteiger partial charge on any atom is -0.482 e. The van der Waals surface area contributed by atoms with E-state index >= 15 is 0 Å². The SMILES string of the molecule is O=C(COC(=O)COc1ccccc1)N[C@H]1CCc2ccccc21. The van der Waals surface area contributed by atoms with E-state index in [1.807, 2.05) is 36.4 Å². The molecule has 0 saturated heterocycles. The highest BCUT2D eigenvalue weighted by atomic mass is 16.6. The average molecular weight is 325 g/mol. The Bertz CT molecular complexity index is 714. The van der Waals surface area contributed by atoms with Crippen molar-refractivity contribution in [3.63, 3.8) is 0 Å². The summed E-state index contributed by atoms with van der Waals surface area (Å²) in [6.45, 7) is -0.515. The number of fused-ring (bicyclic) bond motifs is 1. The highest BCUT2D eigenvalue weighted by Gasteiger charge is 2.23. The number of ether oxygens (including phenoxy) is 2. The molecule has 5 nitrogen and oxygen atoms in total. The largest absolute Gasteiger partial charge is 0.482 e. The molecule has 24 heavy (non-hydrogen) atoms. The van der Waals surface area contributed by atoms with E-state index < -0.39 is 5.97 Å². The molecule has 1 amide bonds. The average Bonchev–Trinajstić information content (AvgIpc) is 3.02. The van der Waals surface area contributed by atoms with E-state index in [1.54, 1.807) is 12.1 Å². The molecule has 0 spiro atoms. The van der Waals surface area contributed by atoms with Crippen molar-refractivity contribution >= 4 is 11.9 Å². The first-order valence-corrected chi connectivity index (χ1v) is 7.93. The Labute approximate surface area is 140 Å². The van der Waals surface area contributed by atoms with Gasteiger partial charge in [0.25, 0.3) is 5.91 Å². The van der Waals surface area contributed by atoms with Crippen molar-refractivity contribution < 1.29 is 19.1 Å². The maximum Gasteiger partial charge on any atom is 0.344 e. The van der Waals surface area contributed by atoms with Crippen LogP contribution in [0.15, 0.2) is 54.6 Å². The second-order valence-corrected chi connectivity index (χ2v) is 5.62. The van der Waals surface area contributed by atoms with E-state index in [4.69, 9.17) is 9.47 Å². The Morgan fingerprint density at radius 3 is 2.58 bits per heavy atom. The van der Waals surface area contributed by atoms with Gasteiger partial charge in [-0.05, 0) is 36.1 Å². The molecule has 5 heteroatoms. The van der Waals surface area contributed by atoms with Gasteiger partial charge in [-0.3, -0.25) is 4.79 Å². The standard InChI is InChI=1S/C19H19NO4/c21-18(20-17-11-10-14-6-4-5-9-16(14)17)12-24-19(22)13-23-15-7-2-1-3-8-15/h1-9,17H,10-13H2,(H,20,21)/t17-/m0/s1. The second-order valence-electron chi connectivity index (χ2n) is 5.62. The maximum absolute atomic E-state index is 12.0. The number of carbonyl (C=O) groups is 2. The number of nitrogens with one attached hydrogen (secondary N) is 1. The number of aryl methyl sites for hydroxylation is 1. The predicted octanol–water partition coefficient (Wildman–Crippen LogP) is 2.41. The van der Waals surface area contributed by atoms with Crippen LogP contribution in [0.2, 0.25) is 0 Å². The van der Waals surface area contributed by atoms with Gasteiger partial charge in [0.1, 0.15) is 5.75 Å². The summed E-state index contributed by atoms with van der Waals surface area (Å²) in [4.78, 5) is 23.6. The van der Waals surface area contributed by atoms with Crippen LogP contribution < -0.4 is 10.1 Å². The van der Waals surface area contributed by atoms with Gasteiger partial charge in [0, 0.05) is 0 Å². The summed E-state index contributed by atoms with van der Waals surface area (Å²) < 4.78 is 10.2. The van der Waals surface area contributed by atoms with Gasteiger partial charge in [-0.1, -0.05) is 42.5 Å². The minimum atomic E-state index is -0.569. The summed E-state index contributed by atoms with van der Waals surface area (Å²) in [5, 5.41) is 2.91. The van der Waals surface area contributed by atoms with Gasteiger partial charge < -0.3 is 14.8 Å². The molecule has 1 N–H and O–H groups in total. The van der Waals surface area contributed by atoms with Crippen LogP contribution in [-0.2, 0) is 20.7 Å². The van der Waals surface area contributed by atoms with Crippen molar-refractivity contribution in [3.8, 4) is 5.75 Å². The normalized spacial score (nSPS) is 15.4. The molecule has 2 aromatic rings. The van der Waals surface area contributed by atoms with Crippen molar-refractivity contribution in [1.82, 2.24) is 5.32 Å². The highest BCUT2D eigenvalue weighted by molar-refractivity contribution is 5.81. The lowest BCUT2D eigenvalue weighted by Gasteiger charge is -2.14. The summed E-state index contributed by atoms with van der Waals surface area (Å²) in [7, 11) is 0. The molecular formula is C19H19NO4. The third kappa shape index (κ3) is 4.13. The lowest BCUT2D eigenvalue weighted by Crippen LogP contribution is -2.32. The van der Waals surface area contributed by atoms with E-state index in [-0.39, 0.29) is 25.2 Å². The smallest absolute Gasteiger partial charge is 0.344 e. The Morgan fingerprint density at radius 1 is 1.00 bits per heavy atom. The van der Waals surface area contributed by atoms with Crippen LogP contribution in [0.25, 0.3) is 0 Å². The molecule has 0 fully saturated rings. The lowest BCUT2D eigenvalue weighted by atomic mass is 10.1. The zero-order valence-corrected chi connectivity index (χ0v) is 13.2. The molecule has 124 valence electrons. The number of esters is 1. The van der Waals surface area contributed by atoms with Gasteiger partial charge in [-0.15, -0.1) is 0 Å². The van der Waals surface area contributed by atoms with Crippen LogP contribution in [0.4, 0.5) is 0 Å². The zero-order valence-electron chi connectivity index (χ0n) is 13.2. The van der Waals surface area contributed by atoms with Crippen molar-refractivity contribution in [2.24, 2.45) is 0 Å². The molecule has 0 aromatic heterocycles. The molecule has 0 aliphatic heterocycles. The molecule has 0 radical (unpaired) electrons. The van der Waals surface area contributed by atoms with Gasteiger partial charge in [0.2, 0.25) is 0 Å². The molecule has 0 bridgehead atoms. The minimum absolute atomic E-state index is 0.00651. The number of para-hydroxylation sites is 1. The number of benzene rings is 2. The third-order valence-corrected chi connectivity index (χ3v) is 3.93. The van der Waals surface area contributed by atoms with Gasteiger partial charge in [-0.2, -0.15) is 0 Å². The first-order valence-electron chi connectivity index (χ1n) is 7.93. The summed E-state index contributed by atoms with van der Waals surface area (Å²) >= 11 is 0. The first-order chi connectivity index (χ1) is 11.7. The third-order valence-electron chi connectivity index (χ3n) is 3.93. The van der Waals surface area contributed by atoms with Gasteiger partial charge in [0.15, 0.2) is 13.2 Å². The number of hydrogen-bond acceptors (Lipinski definition) is 4. The molecule has 1 aliphatic carbocycles. The summed E-state index contributed by atoms with van der Waals surface area (Å²) in [5.74, 6) is -0.285. The number of amides is 1. The summed E-state index contributed by atoms with van der Waals surface area (Å²) in [6, 6.07) is 17.0. The van der Waals surface area contributed by atoms with E-state index in [9.17, 15) is 9.59 Å². The highest BCUT2D eigenvalue weighted by Crippen LogP contribution is 2.30. The van der Waals surface area contributed by atoms with Crippen LogP contribution >= 0.6 is 0 Å². The fourth-order valence-electron chi connectivity index (χ4n) is 2.79. The lowest BCUT2D eigenvalue weighted by molar-refractivity contribution is -0.150. The van der Waals surface area contributed by atoms with Crippen molar-refractivity contribution in [2.45, 2.75) is 18.9 Å². The Hall–Kier alpha value is -2.82. The monoisotopic (exact) mass is 325 g/mol. The van der Waals surface area contributed by atoms with E-state index in [1.165, 1.54) is 5.56 Å². The fraction of sp³-hybridized carbons (Fsp3) is 0.263. The van der Waals surface area contributed by atoms with E-state index in [0.29, 0.717) is 5.75 Å². The van der Waals surface area contributed by atoms with Crippen LogP contribution in [0.3, 0.4) is 0 Å². The quantitative estimate of drug-likeness (QED) is 0.829. The molecule has 2 aromatic carbocycles. The van der Waals surface area contributed by atoms with Crippen LogP contribution in [-0.4, -0.2) is 25.1 Å². The topological polar surface area (TPSA) is 64.6 Å². The Morgan fingerprint density at radius 2 is 1.75 bits per heavy atom. The van der Waals surface area contributed by atoms with Gasteiger partial charge in [0.05, 0.1) is 6.04 Å². The predicted molar refractivity (Wildman–Crippen MR) is 88.5 cm³/mol. The second kappa shape index (κ2) is 7.64. The number of hydrogen-bond donors (Lipinski definition) is 1. The van der Waals surface area contributed by atoms with E-state index in [0.717, 1.165) is 18.4 Å². The zero-order chi connectivity index (χ0) is 16.8. The maximum atomic E-state index is 12.0. The van der Waals surface area contributed by atoms with Gasteiger partial charge >= 0.3 is 5.97 Å². The number of rotatable bonds is 6. The molecule has 0 heterocycles. The van der Waals surface area contributed by atoms with Crippen LogP contribution in [0.1, 0.15) is 23.6 Å². The van der Waals surface area contributed by atoms with E-state index in [2.05, 4.69) is 11.4 Å². The molecule has 1 aliphatic rings. The molecule has 0 unspecified atom stereocenters. The molecule has 0 saturated carbocycles. The van der Waals surface area contributed by atoms with Crippen molar-refractivity contribution in [2.75, 3.05) is 13.2 Å². The summed E-state index contributed by atoms with van der Waals surface area (Å²) in [5.41, 5.74) is 2.40. The first kappa shape index (κ1) is 16.1. The van der Waals surface area contributed by atoms with Crippen LogP contribution in [0.5, 0.6) is 5.75 Å². The Balaban J connectivity index is 1.40. The molecule has 3 rings (SSSR count). The fourth-order valence-corrected chi connectivity index (χ4v) is 2.79. The Kier molecular flexibility index (Phi) is 5.11. The summed E-state index contributed by atoms with van der Waals surface area (Å²) in [6.07, 6.45) is 1.82. The van der Waals surface area contributed by atoms with Crippen molar-refractivity contribution in [3.05, 3.63) is 65.7 Å². The number of carbonyl (C=O) groups excluding carboxylic acids is 2.